The van der Waals surface area contributed by atoms with Crippen molar-refractivity contribution in [3.63, 3.8) is 0 Å². The number of nitrogens with one attached hydrogen (secondary N) is 1. The molecule has 1 saturated heterocycles. The quantitative estimate of drug-likeness (QED) is 0.832. The van der Waals surface area contributed by atoms with Crippen molar-refractivity contribution in [3.8, 4) is 0 Å². The Balaban J connectivity index is 0.000000980. The normalized spacial score (nSPS) is 21.6. The zero-order valence-electron chi connectivity index (χ0n) is 8.14. The third-order valence-electron chi connectivity index (χ3n) is 2.19. The molecular weight excluding hydrogens is 220 g/mol. The Bertz CT molecular complexity index is 272. The molecule has 1 atom stereocenters. The lowest BCUT2D eigenvalue weighted by molar-refractivity contribution is 0.530. The summed E-state index contributed by atoms with van der Waals surface area (Å²) in [6.07, 6.45) is 4.30. The second-order valence-corrected chi connectivity index (χ2v) is 4.58. The second-order valence-electron chi connectivity index (χ2n) is 3.31. The van der Waals surface area contributed by atoms with Crippen LogP contribution in [0.25, 0.3) is 0 Å². The van der Waals surface area contributed by atoms with Gasteiger partial charge in [-0.15, -0.1) is 22.6 Å². The highest BCUT2D eigenvalue weighted by Gasteiger charge is 2.16. The van der Waals surface area contributed by atoms with Crippen molar-refractivity contribution >= 4 is 24.2 Å². The second kappa shape index (κ2) is 5.58. The van der Waals surface area contributed by atoms with E-state index in [2.05, 4.69) is 15.5 Å². The first-order valence-electron chi connectivity index (χ1n) is 4.57. The Hall–Kier alpha value is -0.260. The number of hydrogen-bond acceptors (Lipinski definition) is 4. The van der Waals surface area contributed by atoms with Crippen LogP contribution in [0.15, 0.2) is 11.5 Å². The van der Waals surface area contributed by atoms with Gasteiger partial charge in [0, 0.05) is 18.8 Å². The van der Waals surface area contributed by atoms with Crippen LogP contribution in [0.1, 0.15) is 12.8 Å². The summed E-state index contributed by atoms with van der Waals surface area (Å²) in [6.45, 7) is 2.26. The minimum Gasteiger partial charge on any atom is -0.316 e. The summed E-state index contributed by atoms with van der Waals surface area (Å²) in [7, 11) is 1.98. The third-order valence-corrected chi connectivity index (χ3v) is 3.51. The van der Waals surface area contributed by atoms with Crippen LogP contribution in [0.3, 0.4) is 0 Å². The molecule has 0 saturated carbocycles. The SMILES string of the molecule is Cl.Cn1cnnc1SC1CCCNC1. The van der Waals surface area contributed by atoms with Gasteiger partial charge in [0.15, 0.2) is 5.16 Å². The minimum absolute atomic E-state index is 0. The van der Waals surface area contributed by atoms with E-state index >= 15 is 0 Å². The number of nitrogens with zero attached hydrogens (tertiary/aromatic N) is 3. The molecule has 1 aromatic heterocycles. The molecule has 0 spiro atoms. The molecule has 14 heavy (non-hydrogen) atoms. The molecule has 6 heteroatoms. The van der Waals surface area contributed by atoms with E-state index in [9.17, 15) is 0 Å². The largest absolute Gasteiger partial charge is 0.316 e. The number of piperidine rings is 1. The number of halogens is 1. The van der Waals surface area contributed by atoms with Crippen molar-refractivity contribution in [1.82, 2.24) is 20.1 Å². The molecule has 2 heterocycles. The molecule has 4 nitrogen and oxygen atoms in total. The van der Waals surface area contributed by atoms with Gasteiger partial charge >= 0.3 is 0 Å². The molecule has 0 amide bonds. The predicted molar refractivity (Wildman–Crippen MR) is 60.0 cm³/mol. The van der Waals surface area contributed by atoms with Crippen LogP contribution in [0.2, 0.25) is 0 Å². The summed E-state index contributed by atoms with van der Waals surface area (Å²) < 4.78 is 1.97. The highest BCUT2D eigenvalue weighted by atomic mass is 35.5. The van der Waals surface area contributed by atoms with Crippen LogP contribution >= 0.6 is 24.2 Å². The van der Waals surface area contributed by atoms with Crippen molar-refractivity contribution in [3.05, 3.63) is 6.33 Å². The lowest BCUT2D eigenvalue weighted by atomic mass is 10.2. The van der Waals surface area contributed by atoms with Gasteiger partial charge in [0.2, 0.25) is 0 Å². The zero-order chi connectivity index (χ0) is 9.10. The number of hydrogen-bond donors (Lipinski definition) is 1. The summed E-state index contributed by atoms with van der Waals surface area (Å²) in [4.78, 5) is 0. The van der Waals surface area contributed by atoms with Crippen molar-refractivity contribution in [2.75, 3.05) is 13.1 Å². The molecule has 0 aromatic carbocycles. The van der Waals surface area contributed by atoms with Crippen molar-refractivity contribution in [1.29, 1.82) is 0 Å². The van der Waals surface area contributed by atoms with E-state index < -0.39 is 0 Å². The van der Waals surface area contributed by atoms with Crippen LogP contribution in [0, 0.1) is 0 Å². The number of aryl methyl sites for hydroxylation is 1. The van der Waals surface area contributed by atoms with E-state index in [1.165, 1.54) is 12.8 Å². The first-order chi connectivity index (χ1) is 6.36. The van der Waals surface area contributed by atoms with Crippen molar-refractivity contribution < 1.29 is 0 Å². The molecule has 1 aliphatic rings. The average molecular weight is 235 g/mol. The average Bonchev–Trinajstić information content (AvgIpc) is 2.54. The lowest BCUT2D eigenvalue weighted by Crippen LogP contribution is -2.31. The van der Waals surface area contributed by atoms with Gasteiger partial charge in [0.05, 0.1) is 0 Å². The Morgan fingerprint density at radius 3 is 3.07 bits per heavy atom. The topological polar surface area (TPSA) is 42.7 Å². The summed E-state index contributed by atoms with van der Waals surface area (Å²) in [5, 5.41) is 13.0. The summed E-state index contributed by atoms with van der Waals surface area (Å²) in [5.74, 6) is 0. The first kappa shape index (κ1) is 11.8. The van der Waals surface area contributed by atoms with Crippen LogP contribution < -0.4 is 5.32 Å². The van der Waals surface area contributed by atoms with Crippen LogP contribution in [-0.4, -0.2) is 33.1 Å². The fourth-order valence-corrected chi connectivity index (χ4v) is 2.54. The van der Waals surface area contributed by atoms with Gasteiger partial charge in [-0.2, -0.15) is 0 Å². The Morgan fingerprint density at radius 1 is 1.64 bits per heavy atom. The van der Waals surface area contributed by atoms with Gasteiger partial charge in [0.25, 0.3) is 0 Å². The molecule has 0 aliphatic carbocycles. The smallest absolute Gasteiger partial charge is 0.191 e. The van der Waals surface area contributed by atoms with E-state index in [4.69, 9.17) is 0 Å². The third kappa shape index (κ3) is 2.87. The highest BCUT2D eigenvalue weighted by molar-refractivity contribution is 7.99. The molecule has 0 bridgehead atoms. The lowest BCUT2D eigenvalue weighted by Gasteiger charge is -2.21. The van der Waals surface area contributed by atoms with Crippen molar-refractivity contribution in [2.24, 2.45) is 7.05 Å². The van der Waals surface area contributed by atoms with Crippen LogP contribution in [0.4, 0.5) is 0 Å². The van der Waals surface area contributed by atoms with Gasteiger partial charge in [0.1, 0.15) is 6.33 Å². The molecule has 1 unspecified atom stereocenters. The number of aromatic nitrogens is 3. The number of rotatable bonds is 2. The fourth-order valence-electron chi connectivity index (χ4n) is 1.45. The molecule has 0 radical (unpaired) electrons. The van der Waals surface area contributed by atoms with E-state index in [1.54, 1.807) is 6.33 Å². The van der Waals surface area contributed by atoms with Crippen LogP contribution in [-0.2, 0) is 7.05 Å². The highest BCUT2D eigenvalue weighted by Crippen LogP contribution is 2.24. The molecular formula is C8H15ClN4S. The number of thioether (sulfide) groups is 1. The molecule has 1 aromatic rings. The van der Waals surface area contributed by atoms with Gasteiger partial charge in [-0.25, -0.2) is 0 Å². The molecule has 1 fully saturated rings. The zero-order valence-corrected chi connectivity index (χ0v) is 9.77. The molecule has 1 aliphatic heterocycles. The van der Waals surface area contributed by atoms with Gasteiger partial charge in [-0.1, -0.05) is 11.8 Å². The first-order valence-corrected chi connectivity index (χ1v) is 5.45. The van der Waals surface area contributed by atoms with Crippen molar-refractivity contribution in [2.45, 2.75) is 23.2 Å². The molecule has 1 N–H and O–H groups in total. The van der Waals surface area contributed by atoms with E-state index in [0.717, 1.165) is 18.2 Å². The summed E-state index contributed by atoms with van der Waals surface area (Å²) in [6, 6.07) is 0. The monoisotopic (exact) mass is 234 g/mol. The van der Waals surface area contributed by atoms with E-state index in [0.29, 0.717) is 5.25 Å². The maximum absolute atomic E-state index is 4.06. The standard InChI is InChI=1S/C8H14N4S.ClH/c1-12-6-10-11-8(12)13-7-3-2-4-9-5-7;/h6-7,9H,2-5H2,1H3;1H. The minimum atomic E-state index is 0. The maximum atomic E-state index is 4.06. The predicted octanol–water partition coefficient (Wildman–Crippen LogP) is 1.08. The Kier molecular flexibility index (Phi) is 4.71. The van der Waals surface area contributed by atoms with Gasteiger partial charge < -0.3 is 9.88 Å². The van der Waals surface area contributed by atoms with Gasteiger partial charge in [-0.05, 0) is 19.4 Å². The van der Waals surface area contributed by atoms with Crippen LogP contribution in [0.5, 0.6) is 0 Å². The maximum Gasteiger partial charge on any atom is 0.191 e. The summed E-state index contributed by atoms with van der Waals surface area (Å²) >= 11 is 1.82. The van der Waals surface area contributed by atoms with Gasteiger partial charge in [-0.3, -0.25) is 0 Å². The summed E-state index contributed by atoms with van der Waals surface area (Å²) in [5.41, 5.74) is 0. The Labute approximate surface area is 94.3 Å². The van der Waals surface area contributed by atoms with E-state index in [-0.39, 0.29) is 12.4 Å². The Morgan fingerprint density at radius 2 is 2.50 bits per heavy atom. The molecule has 80 valence electrons. The van der Waals surface area contributed by atoms with E-state index in [1.807, 2.05) is 23.4 Å². The molecule has 2 rings (SSSR count). The fraction of sp³-hybridized carbons (Fsp3) is 0.750.